The summed E-state index contributed by atoms with van der Waals surface area (Å²) in [4.78, 5) is 26.9. The third kappa shape index (κ3) is 5.49. The molecule has 2 aromatic rings. The maximum Gasteiger partial charge on any atom is 0.261 e. The number of nitrogens with one attached hydrogen (secondary N) is 1. The Kier molecular flexibility index (Phi) is 7.87. The number of amides is 2. The standard InChI is InChI=1S/C22H28N2O4/c1-5-18(22(26)23-3)24(14-17-12-10-16(2)11-13-17)21(25)15-28-20-9-7-6-8-19(20)27-4/h6-13,18H,5,14-15H2,1-4H3,(H,23,26)/t18-/m1/s1. The molecule has 2 rings (SSSR count). The largest absolute Gasteiger partial charge is 0.493 e. The number of hydrogen-bond acceptors (Lipinski definition) is 4. The Morgan fingerprint density at radius 3 is 2.29 bits per heavy atom. The number of para-hydroxylation sites is 2. The molecule has 0 saturated carbocycles. The van der Waals surface area contributed by atoms with E-state index in [1.54, 1.807) is 31.2 Å². The van der Waals surface area contributed by atoms with Crippen LogP contribution in [0.1, 0.15) is 24.5 Å². The van der Waals surface area contributed by atoms with Crippen molar-refractivity contribution in [3.05, 3.63) is 59.7 Å². The highest BCUT2D eigenvalue weighted by Crippen LogP contribution is 2.26. The molecule has 2 amide bonds. The van der Waals surface area contributed by atoms with Gasteiger partial charge in [-0.2, -0.15) is 0 Å². The Morgan fingerprint density at radius 1 is 1.07 bits per heavy atom. The molecule has 0 aliphatic carbocycles. The molecular formula is C22H28N2O4. The lowest BCUT2D eigenvalue weighted by Gasteiger charge is -2.30. The summed E-state index contributed by atoms with van der Waals surface area (Å²) in [6.07, 6.45) is 0.506. The summed E-state index contributed by atoms with van der Waals surface area (Å²) in [5.74, 6) is 0.586. The summed E-state index contributed by atoms with van der Waals surface area (Å²) in [5, 5.41) is 2.64. The number of rotatable bonds is 9. The van der Waals surface area contributed by atoms with Crippen LogP contribution in [-0.2, 0) is 16.1 Å². The average Bonchev–Trinajstić information content (AvgIpc) is 2.73. The van der Waals surface area contributed by atoms with Crippen molar-refractivity contribution in [2.24, 2.45) is 0 Å². The third-order valence-electron chi connectivity index (χ3n) is 4.53. The second-order valence-corrected chi connectivity index (χ2v) is 6.49. The van der Waals surface area contributed by atoms with Crippen molar-refractivity contribution in [2.45, 2.75) is 32.9 Å². The number of hydrogen-bond donors (Lipinski definition) is 1. The van der Waals surface area contributed by atoms with Crippen molar-refractivity contribution in [3.8, 4) is 11.5 Å². The Bertz CT molecular complexity index is 789. The number of carbonyl (C=O) groups is 2. The van der Waals surface area contributed by atoms with Gasteiger partial charge in [-0.1, -0.05) is 48.9 Å². The first kappa shape index (κ1) is 21.3. The van der Waals surface area contributed by atoms with Gasteiger partial charge >= 0.3 is 0 Å². The van der Waals surface area contributed by atoms with E-state index in [0.717, 1.165) is 11.1 Å². The van der Waals surface area contributed by atoms with Crippen molar-refractivity contribution in [1.82, 2.24) is 10.2 Å². The van der Waals surface area contributed by atoms with Crippen molar-refractivity contribution in [3.63, 3.8) is 0 Å². The number of benzene rings is 2. The monoisotopic (exact) mass is 384 g/mol. The molecular weight excluding hydrogens is 356 g/mol. The molecule has 0 aliphatic heterocycles. The highest BCUT2D eigenvalue weighted by Gasteiger charge is 2.28. The first-order chi connectivity index (χ1) is 13.5. The topological polar surface area (TPSA) is 67.9 Å². The summed E-state index contributed by atoms with van der Waals surface area (Å²) in [6.45, 7) is 4.05. The molecule has 6 nitrogen and oxygen atoms in total. The van der Waals surface area contributed by atoms with E-state index in [1.807, 2.05) is 50.2 Å². The van der Waals surface area contributed by atoms with E-state index in [9.17, 15) is 9.59 Å². The molecule has 0 spiro atoms. The Labute approximate surface area is 166 Å². The van der Waals surface area contributed by atoms with Gasteiger partial charge in [-0.05, 0) is 31.0 Å². The van der Waals surface area contributed by atoms with Crippen LogP contribution in [-0.4, -0.2) is 43.5 Å². The fourth-order valence-electron chi connectivity index (χ4n) is 2.94. The number of methoxy groups -OCH3 is 1. The number of aryl methyl sites for hydroxylation is 1. The highest BCUT2D eigenvalue weighted by atomic mass is 16.5. The molecule has 0 heterocycles. The molecule has 6 heteroatoms. The van der Waals surface area contributed by atoms with Crippen molar-refractivity contribution in [1.29, 1.82) is 0 Å². The van der Waals surface area contributed by atoms with Gasteiger partial charge in [-0.25, -0.2) is 0 Å². The second kappa shape index (κ2) is 10.3. The smallest absolute Gasteiger partial charge is 0.261 e. The molecule has 0 radical (unpaired) electrons. The molecule has 0 unspecified atom stereocenters. The van der Waals surface area contributed by atoms with Crippen LogP contribution in [0.25, 0.3) is 0 Å². The number of nitrogens with zero attached hydrogens (tertiary/aromatic N) is 1. The zero-order valence-electron chi connectivity index (χ0n) is 16.9. The molecule has 1 N–H and O–H groups in total. The molecule has 2 aromatic carbocycles. The predicted molar refractivity (Wildman–Crippen MR) is 108 cm³/mol. The third-order valence-corrected chi connectivity index (χ3v) is 4.53. The quantitative estimate of drug-likeness (QED) is 0.722. The minimum Gasteiger partial charge on any atom is -0.493 e. The maximum atomic E-state index is 13.0. The zero-order valence-corrected chi connectivity index (χ0v) is 16.9. The van der Waals surface area contributed by atoms with E-state index in [0.29, 0.717) is 24.5 Å². The van der Waals surface area contributed by atoms with E-state index in [-0.39, 0.29) is 18.4 Å². The summed E-state index contributed by atoms with van der Waals surface area (Å²) in [6, 6.07) is 14.5. The normalized spacial score (nSPS) is 11.4. The maximum absolute atomic E-state index is 13.0. The van der Waals surface area contributed by atoms with Gasteiger partial charge in [0.15, 0.2) is 18.1 Å². The van der Waals surface area contributed by atoms with Gasteiger partial charge < -0.3 is 19.7 Å². The van der Waals surface area contributed by atoms with Crippen molar-refractivity contribution >= 4 is 11.8 Å². The fourth-order valence-corrected chi connectivity index (χ4v) is 2.94. The first-order valence-corrected chi connectivity index (χ1v) is 9.32. The van der Waals surface area contributed by atoms with Crippen LogP contribution in [0.2, 0.25) is 0 Å². The van der Waals surface area contributed by atoms with Gasteiger partial charge in [0.1, 0.15) is 6.04 Å². The summed E-state index contributed by atoms with van der Waals surface area (Å²) < 4.78 is 10.9. The van der Waals surface area contributed by atoms with Crippen LogP contribution >= 0.6 is 0 Å². The Balaban J connectivity index is 2.19. The van der Waals surface area contributed by atoms with Crippen LogP contribution in [0.3, 0.4) is 0 Å². The van der Waals surface area contributed by atoms with Crippen LogP contribution in [0, 0.1) is 6.92 Å². The van der Waals surface area contributed by atoms with E-state index in [1.165, 1.54) is 0 Å². The van der Waals surface area contributed by atoms with Crippen LogP contribution < -0.4 is 14.8 Å². The van der Waals surface area contributed by atoms with Gasteiger partial charge in [-0.3, -0.25) is 9.59 Å². The van der Waals surface area contributed by atoms with Crippen LogP contribution in [0.4, 0.5) is 0 Å². The second-order valence-electron chi connectivity index (χ2n) is 6.49. The van der Waals surface area contributed by atoms with Crippen molar-refractivity contribution in [2.75, 3.05) is 20.8 Å². The molecule has 28 heavy (non-hydrogen) atoms. The Hall–Kier alpha value is -3.02. The lowest BCUT2D eigenvalue weighted by molar-refractivity contribution is -0.142. The van der Waals surface area contributed by atoms with Gasteiger partial charge in [0.25, 0.3) is 5.91 Å². The van der Waals surface area contributed by atoms with Crippen LogP contribution in [0.5, 0.6) is 11.5 Å². The Morgan fingerprint density at radius 2 is 1.71 bits per heavy atom. The number of carbonyl (C=O) groups excluding carboxylic acids is 2. The lowest BCUT2D eigenvalue weighted by atomic mass is 10.1. The number of likely N-dealkylation sites (N-methyl/N-ethyl adjacent to an activating group) is 1. The molecule has 0 bridgehead atoms. The SMILES string of the molecule is CC[C@H](C(=O)NC)N(Cc1ccc(C)cc1)C(=O)COc1ccccc1OC. The van der Waals surface area contributed by atoms with Gasteiger partial charge in [0, 0.05) is 13.6 Å². The molecule has 0 saturated heterocycles. The van der Waals surface area contributed by atoms with Crippen LogP contribution in [0.15, 0.2) is 48.5 Å². The highest BCUT2D eigenvalue weighted by molar-refractivity contribution is 5.88. The molecule has 1 atom stereocenters. The van der Waals surface area contributed by atoms with Crippen molar-refractivity contribution < 1.29 is 19.1 Å². The van der Waals surface area contributed by atoms with E-state index in [4.69, 9.17) is 9.47 Å². The first-order valence-electron chi connectivity index (χ1n) is 9.32. The van der Waals surface area contributed by atoms with E-state index < -0.39 is 6.04 Å². The minimum absolute atomic E-state index is 0.181. The fraction of sp³-hybridized carbons (Fsp3) is 0.364. The molecule has 150 valence electrons. The zero-order chi connectivity index (χ0) is 20.5. The summed E-state index contributed by atoms with van der Waals surface area (Å²) in [7, 11) is 3.12. The van der Waals surface area contributed by atoms with Gasteiger partial charge in [0.2, 0.25) is 5.91 Å². The van der Waals surface area contributed by atoms with E-state index >= 15 is 0 Å². The van der Waals surface area contributed by atoms with Gasteiger partial charge in [0.05, 0.1) is 7.11 Å². The van der Waals surface area contributed by atoms with Gasteiger partial charge in [-0.15, -0.1) is 0 Å². The van der Waals surface area contributed by atoms with E-state index in [2.05, 4.69) is 5.32 Å². The number of ether oxygens (including phenoxy) is 2. The molecule has 0 fully saturated rings. The summed E-state index contributed by atoms with van der Waals surface area (Å²) in [5.41, 5.74) is 2.10. The molecule has 0 aliphatic rings. The summed E-state index contributed by atoms with van der Waals surface area (Å²) >= 11 is 0. The minimum atomic E-state index is -0.569. The molecule has 0 aromatic heterocycles. The predicted octanol–water partition coefficient (Wildman–Crippen LogP) is 2.94. The average molecular weight is 384 g/mol. The lowest BCUT2D eigenvalue weighted by Crippen LogP contribution is -2.49.